The Morgan fingerprint density at radius 3 is 2.83 bits per heavy atom. The molecular formula is C18H16N2O3. The number of pyridine rings is 1. The van der Waals surface area contributed by atoms with Crippen LogP contribution in [0.15, 0.2) is 48.8 Å². The number of carbonyl (C=O) groups excluding carboxylic acids is 1. The summed E-state index contributed by atoms with van der Waals surface area (Å²) in [5.74, 6) is -0.965. The molecule has 0 radical (unpaired) electrons. The highest BCUT2D eigenvalue weighted by Crippen LogP contribution is 2.34. The van der Waals surface area contributed by atoms with Crippen LogP contribution in [0.3, 0.4) is 0 Å². The first-order valence-corrected chi connectivity index (χ1v) is 7.44. The van der Waals surface area contributed by atoms with Crippen molar-refractivity contribution < 1.29 is 14.7 Å². The molecule has 1 aliphatic heterocycles. The second kappa shape index (κ2) is 6.44. The first kappa shape index (κ1) is 15.0. The summed E-state index contributed by atoms with van der Waals surface area (Å²) in [6.07, 6.45) is 6.57. The highest BCUT2D eigenvalue weighted by molar-refractivity contribution is 6.12. The lowest BCUT2D eigenvalue weighted by Gasteiger charge is -2.10. The average molecular weight is 308 g/mol. The SMILES string of the molecule is O=C(O)CCC/C=C1\c2ccccc2NC(=O)c2ccncc21. The predicted octanol–water partition coefficient (Wildman–Crippen LogP) is 3.33. The number of rotatable bonds is 4. The van der Waals surface area contributed by atoms with E-state index in [1.807, 2.05) is 30.3 Å². The van der Waals surface area contributed by atoms with Crippen LogP contribution in [0.25, 0.3) is 5.57 Å². The molecule has 0 spiro atoms. The molecule has 5 heteroatoms. The number of anilines is 1. The number of unbranched alkanes of at least 4 members (excludes halogenated alkanes) is 1. The van der Waals surface area contributed by atoms with Crippen LogP contribution in [-0.2, 0) is 4.79 Å². The Morgan fingerprint density at radius 2 is 2.00 bits per heavy atom. The van der Waals surface area contributed by atoms with E-state index in [9.17, 15) is 9.59 Å². The van der Waals surface area contributed by atoms with Crippen molar-refractivity contribution in [2.45, 2.75) is 19.3 Å². The van der Waals surface area contributed by atoms with Gasteiger partial charge in [0, 0.05) is 35.6 Å². The van der Waals surface area contributed by atoms with Crippen LogP contribution in [0.4, 0.5) is 5.69 Å². The largest absolute Gasteiger partial charge is 0.481 e. The van der Waals surface area contributed by atoms with Crippen molar-refractivity contribution >= 4 is 23.1 Å². The number of hydrogen-bond acceptors (Lipinski definition) is 3. The Kier molecular flexibility index (Phi) is 4.19. The van der Waals surface area contributed by atoms with E-state index in [1.54, 1.807) is 18.5 Å². The third-order valence-electron chi connectivity index (χ3n) is 3.76. The van der Waals surface area contributed by atoms with Gasteiger partial charge in [-0.25, -0.2) is 0 Å². The monoisotopic (exact) mass is 308 g/mol. The molecule has 0 saturated heterocycles. The normalized spacial score (nSPS) is 14.6. The molecule has 2 heterocycles. The number of allylic oxidation sites excluding steroid dienone is 1. The van der Waals surface area contributed by atoms with Gasteiger partial charge in [0.05, 0.1) is 5.56 Å². The maximum atomic E-state index is 12.4. The fourth-order valence-electron chi connectivity index (χ4n) is 2.69. The first-order valence-electron chi connectivity index (χ1n) is 7.44. The van der Waals surface area contributed by atoms with Crippen molar-refractivity contribution in [2.24, 2.45) is 0 Å². The molecule has 0 bridgehead atoms. The van der Waals surface area contributed by atoms with Crippen LogP contribution >= 0.6 is 0 Å². The number of carbonyl (C=O) groups is 2. The smallest absolute Gasteiger partial charge is 0.303 e. The molecule has 0 saturated carbocycles. The average Bonchev–Trinajstić information content (AvgIpc) is 2.66. The molecule has 23 heavy (non-hydrogen) atoms. The van der Waals surface area contributed by atoms with Gasteiger partial charge in [0.15, 0.2) is 0 Å². The van der Waals surface area contributed by atoms with Crippen LogP contribution in [0.5, 0.6) is 0 Å². The summed E-state index contributed by atoms with van der Waals surface area (Å²) >= 11 is 0. The lowest BCUT2D eigenvalue weighted by molar-refractivity contribution is -0.137. The minimum absolute atomic E-state index is 0.127. The zero-order valence-electron chi connectivity index (χ0n) is 12.5. The maximum Gasteiger partial charge on any atom is 0.303 e. The number of nitrogens with zero attached hydrogens (tertiary/aromatic N) is 1. The molecule has 0 aliphatic carbocycles. The van der Waals surface area contributed by atoms with Crippen LogP contribution in [0, 0.1) is 0 Å². The van der Waals surface area contributed by atoms with E-state index in [4.69, 9.17) is 5.11 Å². The third-order valence-corrected chi connectivity index (χ3v) is 3.76. The molecule has 1 amide bonds. The molecule has 0 unspecified atom stereocenters. The molecular weight excluding hydrogens is 292 g/mol. The number of benzene rings is 1. The van der Waals surface area contributed by atoms with Gasteiger partial charge in [-0.1, -0.05) is 24.3 Å². The zero-order chi connectivity index (χ0) is 16.2. The summed E-state index contributed by atoms with van der Waals surface area (Å²) in [7, 11) is 0. The number of para-hydroxylation sites is 1. The number of carboxylic acids is 1. The minimum Gasteiger partial charge on any atom is -0.481 e. The van der Waals surface area contributed by atoms with Gasteiger partial charge in [-0.2, -0.15) is 0 Å². The minimum atomic E-state index is -0.802. The number of aliphatic carboxylic acids is 1. The van der Waals surface area contributed by atoms with E-state index in [1.165, 1.54) is 0 Å². The van der Waals surface area contributed by atoms with Gasteiger partial charge in [-0.15, -0.1) is 0 Å². The topological polar surface area (TPSA) is 79.3 Å². The molecule has 0 fully saturated rings. The van der Waals surface area contributed by atoms with Crippen LogP contribution in [-0.4, -0.2) is 22.0 Å². The lowest BCUT2D eigenvalue weighted by atomic mass is 9.94. The molecule has 5 nitrogen and oxygen atoms in total. The number of aromatic nitrogens is 1. The van der Waals surface area contributed by atoms with Gasteiger partial charge in [-0.05, 0) is 30.5 Å². The van der Waals surface area contributed by atoms with Crippen LogP contribution in [0.2, 0.25) is 0 Å². The van der Waals surface area contributed by atoms with Crippen molar-refractivity contribution in [3.63, 3.8) is 0 Å². The van der Waals surface area contributed by atoms with Gasteiger partial charge in [-0.3, -0.25) is 14.6 Å². The summed E-state index contributed by atoms with van der Waals surface area (Å²) in [4.78, 5) is 27.2. The lowest BCUT2D eigenvalue weighted by Crippen LogP contribution is -2.11. The number of amides is 1. The van der Waals surface area contributed by atoms with E-state index in [0.717, 1.165) is 22.4 Å². The molecule has 2 aromatic rings. The van der Waals surface area contributed by atoms with Gasteiger partial charge < -0.3 is 10.4 Å². The molecule has 1 aliphatic rings. The van der Waals surface area contributed by atoms with E-state index in [0.29, 0.717) is 18.4 Å². The summed E-state index contributed by atoms with van der Waals surface area (Å²) < 4.78 is 0. The molecule has 1 aromatic heterocycles. The van der Waals surface area contributed by atoms with E-state index in [2.05, 4.69) is 10.3 Å². The number of fused-ring (bicyclic) bond motifs is 2. The zero-order valence-corrected chi connectivity index (χ0v) is 12.5. The number of carboxylic acid groups (broad SMARTS) is 1. The quantitative estimate of drug-likeness (QED) is 0.849. The third kappa shape index (κ3) is 3.13. The molecule has 116 valence electrons. The number of hydrogen-bond donors (Lipinski definition) is 2. The van der Waals surface area contributed by atoms with Gasteiger partial charge in [0.1, 0.15) is 0 Å². The van der Waals surface area contributed by atoms with Crippen molar-refractivity contribution in [3.05, 3.63) is 65.5 Å². The van der Waals surface area contributed by atoms with Crippen molar-refractivity contribution in [3.8, 4) is 0 Å². The Balaban J connectivity index is 2.05. The fourth-order valence-corrected chi connectivity index (χ4v) is 2.69. The maximum absolute atomic E-state index is 12.4. The summed E-state index contributed by atoms with van der Waals surface area (Å²) in [6.45, 7) is 0. The van der Waals surface area contributed by atoms with E-state index >= 15 is 0 Å². The van der Waals surface area contributed by atoms with E-state index in [-0.39, 0.29) is 12.3 Å². The summed E-state index contributed by atoms with van der Waals surface area (Å²) in [6, 6.07) is 9.28. The molecule has 0 atom stereocenters. The van der Waals surface area contributed by atoms with Crippen molar-refractivity contribution in [2.75, 3.05) is 5.32 Å². The molecule has 2 N–H and O–H groups in total. The number of nitrogens with one attached hydrogen (secondary N) is 1. The van der Waals surface area contributed by atoms with Crippen LogP contribution < -0.4 is 5.32 Å². The van der Waals surface area contributed by atoms with Gasteiger partial charge >= 0.3 is 5.97 Å². The fraction of sp³-hybridized carbons (Fsp3) is 0.167. The summed E-state index contributed by atoms with van der Waals surface area (Å²) in [5.41, 5.74) is 3.92. The van der Waals surface area contributed by atoms with Crippen molar-refractivity contribution in [1.29, 1.82) is 0 Å². The second-order valence-corrected chi connectivity index (χ2v) is 5.32. The molecule has 1 aromatic carbocycles. The van der Waals surface area contributed by atoms with Crippen LogP contribution in [0.1, 0.15) is 40.7 Å². The van der Waals surface area contributed by atoms with E-state index < -0.39 is 5.97 Å². The highest BCUT2D eigenvalue weighted by atomic mass is 16.4. The Bertz CT molecular complexity index is 796. The standard InChI is InChI=1S/C18H16N2O3/c21-17(22)8-4-2-5-12-13-6-1-3-7-16(13)20-18(23)14-9-10-19-11-15(12)14/h1,3,5-7,9-11H,2,4,8H2,(H,20,23)(H,21,22)/b12-5+. The highest BCUT2D eigenvalue weighted by Gasteiger charge is 2.22. The Labute approximate surface area is 133 Å². The second-order valence-electron chi connectivity index (χ2n) is 5.32. The first-order chi connectivity index (χ1) is 11.2. The Morgan fingerprint density at radius 1 is 1.17 bits per heavy atom. The van der Waals surface area contributed by atoms with Gasteiger partial charge in [0.25, 0.3) is 5.91 Å². The predicted molar refractivity (Wildman–Crippen MR) is 87.2 cm³/mol. The molecule has 3 rings (SSSR count). The Hall–Kier alpha value is -2.95. The summed E-state index contributed by atoms with van der Waals surface area (Å²) in [5, 5.41) is 11.7. The van der Waals surface area contributed by atoms with Gasteiger partial charge in [0.2, 0.25) is 0 Å². The van der Waals surface area contributed by atoms with Crippen molar-refractivity contribution in [1.82, 2.24) is 4.98 Å².